The highest BCUT2D eigenvalue weighted by Crippen LogP contribution is 2.09. The van der Waals surface area contributed by atoms with E-state index < -0.39 is 18.2 Å². The normalized spacial score (nSPS) is 28.6. The zero-order valence-corrected chi connectivity index (χ0v) is 9.28. The molecule has 86 valence electrons. The number of aliphatic hydroxyl groups excluding tert-OH is 1. The molecule has 0 bridgehead atoms. The van der Waals surface area contributed by atoms with Gasteiger partial charge in [0.15, 0.2) is 0 Å². The first-order chi connectivity index (χ1) is 6.91. The van der Waals surface area contributed by atoms with Crippen molar-refractivity contribution in [3.63, 3.8) is 0 Å². The van der Waals surface area contributed by atoms with Gasteiger partial charge in [0, 0.05) is 0 Å². The van der Waals surface area contributed by atoms with Gasteiger partial charge in [-0.05, 0) is 19.3 Å². The molecule has 3 atom stereocenters. The summed E-state index contributed by atoms with van der Waals surface area (Å²) in [6, 6.07) is -1.28. The quantitative estimate of drug-likeness (QED) is 0.587. The van der Waals surface area contributed by atoms with Crippen LogP contribution >= 0.6 is 0 Å². The summed E-state index contributed by atoms with van der Waals surface area (Å²) in [5, 5.41) is 14.4. The molecule has 0 unspecified atom stereocenters. The Hall–Kier alpha value is -1.10. The molecule has 5 nitrogen and oxygen atoms in total. The second-order valence-corrected chi connectivity index (χ2v) is 4.42. The summed E-state index contributed by atoms with van der Waals surface area (Å²) in [6.45, 7) is 5.45. The van der Waals surface area contributed by atoms with Gasteiger partial charge in [-0.2, -0.15) is 0 Å². The van der Waals surface area contributed by atoms with Crippen LogP contribution in [0.1, 0.15) is 27.2 Å². The summed E-state index contributed by atoms with van der Waals surface area (Å²) in [5.74, 6) is -0.186. The van der Waals surface area contributed by atoms with Crippen LogP contribution in [0.15, 0.2) is 0 Å². The number of carbonyl (C=O) groups excluding carboxylic acids is 2. The molecule has 0 aromatic carbocycles. The molecule has 3 N–H and O–H groups in total. The molecule has 0 saturated carbocycles. The summed E-state index contributed by atoms with van der Waals surface area (Å²) in [6.07, 6.45) is -0.252. The van der Waals surface area contributed by atoms with Crippen molar-refractivity contribution >= 4 is 11.8 Å². The van der Waals surface area contributed by atoms with Crippen molar-refractivity contribution in [2.24, 2.45) is 5.92 Å². The fourth-order valence-electron chi connectivity index (χ4n) is 1.62. The Morgan fingerprint density at radius 1 is 1.20 bits per heavy atom. The van der Waals surface area contributed by atoms with Crippen LogP contribution in [0.3, 0.4) is 0 Å². The van der Waals surface area contributed by atoms with Crippen LogP contribution in [-0.2, 0) is 9.59 Å². The standard InChI is InChI=1S/C10H18N2O3/c1-5(2)4-7-9(14)12-8(6(3)13)10(15)11-7/h5-8,13H,4H2,1-3H3,(H,11,15)(H,12,14)/t6-,7-,8+/m0/s1. The van der Waals surface area contributed by atoms with Crippen LogP contribution in [0, 0.1) is 5.92 Å². The van der Waals surface area contributed by atoms with Gasteiger partial charge in [0.25, 0.3) is 0 Å². The van der Waals surface area contributed by atoms with Crippen molar-refractivity contribution in [1.82, 2.24) is 10.6 Å². The highest BCUT2D eigenvalue weighted by atomic mass is 16.3. The number of nitrogens with one attached hydrogen (secondary N) is 2. The van der Waals surface area contributed by atoms with Crippen LogP contribution in [0.2, 0.25) is 0 Å². The van der Waals surface area contributed by atoms with E-state index in [4.69, 9.17) is 0 Å². The monoisotopic (exact) mass is 214 g/mol. The topological polar surface area (TPSA) is 78.4 Å². The molecule has 1 heterocycles. The van der Waals surface area contributed by atoms with Crippen molar-refractivity contribution < 1.29 is 14.7 Å². The van der Waals surface area contributed by atoms with E-state index in [1.54, 1.807) is 0 Å². The number of aliphatic hydroxyl groups is 1. The molecular weight excluding hydrogens is 196 g/mol. The Morgan fingerprint density at radius 3 is 2.27 bits per heavy atom. The van der Waals surface area contributed by atoms with Gasteiger partial charge < -0.3 is 15.7 Å². The Morgan fingerprint density at radius 2 is 1.80 bits per heavy atom. The second-order valence-electron chi connectivity index (χ2n) is 4.42. The first-order valence-electron chi connectivity index (χ1n) is 5.20. The van der Waals surface area contributed by atoms with Gasteiger partial charge in [-0.1, -0.05) is 13.8 Å². The molecule has 0 aromatic heterocycles. The van der Waals surface area contributed by atoms with E-state index in [0.717, 1.165) is 0 Å². The highest BCUT2D eigenvalue weighted by molar-refractivity contribution is 5.97. The number of piperazine rings is 1. The molecule has 1 aliphatic heterocycles. The third kappa shape index (κ3) is 2.92. The van der Waals surface area contributed by atoms with Gasteiger partial charge >= 0.3 is 0 Å². The molecule has 1 saturated heterocycles. The van der Waals surface area contributed by atoms with E-state index in [-0.39, 0.29) is 11.8 Å². The van der Waals surface area contributed by atoms with Gasteiger partial charge in [0.05, 0.1) is 6.10 Å². The first kappa shape index (κ1) is 12.0. The summed E-state index contributed by atoms with van der Waals surface area (Å²) in [4.78, 5) is 23.0. The molecule has 15 heavy (non-hydrogen) atoms. The van der Waals surface area contributed by atoms with Gasteiger partial charge in [0.1, 0.15) is 12.1 Å². The van der Waals surface area contributed by atoms with E-state index in [1.807, 2.05) is 13.8 Å². The average Bonchev–Trinajstić information content (AvgIpc) is 2.09. The zero-order chi connectivity index (χ0) is 11.6. The van der Waals surface area contributed by atoms with Crippen molar-refractivity contribution in [3.05, 3.63) is 0 Å². The Kier molecular flexibility index (Phi) is 3.68. The minimum atomic E-state index is -0.867. The maximum absolute atomic E-state index is 11.6. The third-order valence-corrected chi connectivity index (χ3v) is 2.40. The molecule has 1 aliphatic rings. The molecule has 5 heteroatoms. The average molecular weight is 214 g/mol. The fraction of sp³-hybridized carbons (Fsp3) is 0.800. The smallest absolute Gasteiger partial charge is 0.245 e. The first-order valence-corrected chi connectivity index (χ1v) is 5.20. The second kappa shape index (κ2) is 4.61. The van der Waals surface area contributed by atoms with Crippen molar-refractivity contribution in [1.29, 1.82) is 0 Å². The van der Waals surface area contributed by atoms with Gasteiger partial charge in [-0.15, -0.1) is 0 Å². The minimum Gasteiger partial charge on any atom is -0.391 e. The van der Waals surface area contributed by atoms with Crippen LogP contribution < -0.4 is 10.6 Å². The molecule has 1 rings (SSSR count). The van der Waals surface area contributed by atoms with E-state index in [2.05, 4.69) is 10.6 Å². The molecule has 0 aromatic rings. The summed E-state index contributed by atoms with van der Waals surface area (Å²) < 4.78 is 0. The fourth-order valence-corrected chi connectivity index (χ4v) is 1.62. The lowest BCUT2D eigenvalue weighted by Gasteiger charge is -2.31. The lowest BCUT2D eigenvalue weighted by Crippen LogP contribution is -2.64. The van der Waals surface area contributed by atoms with Gasteiger partial charge in [-0.25, -0.2) is 0 Å². The van der Waals surface area contributed by atoms with Crippen LogP contribution in [0.5, 0.6) is 0 Å². The van der Waals surface area contributed by atoms with Crippen LogP contribution in [0.4, 0.5) is 0 Å². The van der Waals surface area contributed by atoms with E-state index in [1.165, 1.54) is 6.92 Å². The maximum atomic E-state index is 11.6. The largest absolute Gasteiger partial charge is 0.391 e. The Bertz CT molecular complexity index is 263. The van der Waals surface area contributed by atoms with Crippen molar-refractivity contribution in [2.75, 3.05) is 0 Å². The number of amides is 2. The molecule has 2 amide bonds. The third-order valence-electron chi connectivity index (χ3n) is 2.40. The Labute approximate surface area is 89.2 Å². The predicted molar refractivity (Wildman–Crippen MR) is 55.0 cm³/mol. The van der Waals surface area contributed by atoms with E-state index in [0.29, 0.717) is 12.3 Å². The lowest BCUT2D eigenvalue weighted by molar-refractivity contribution is -0.139. The number of rotatable bonds is 3. The maximum Gasteiger partial charge on any atom is 0.245 e. The number of hydrogen-bond acceptors (Lipinski definition) is 3. The number of hydrogen-bond donors (Lipinski definition) is 3. The summed E-state index contributed by atoms with van der Waals surface area (Å²) >= 11 is 0. The van der Waals surface area contributed by atoms with Crippen molar-refractivity contribution in [3.8, 4) is 0 Å². The van der Waals surface area contributed by atoms with E-state index >= 15 is 0 Å². The highest BCUT2D eigenvalue weighted by Gasteiger charge is 2.35. The van der Waals surface area contributed by atoms with E-state index in [9.17, 15) is 14.7 Å². The van der Waals surface area contributed by atoms with Crippen molar-refractivity contribution in [2.45, 2.75) is 45.4 Å². The SMILES string of the molecule is CC(C)C[C@@H]1NC(=O)[C@@H]([C@H](C)O)NC1=O. The van der Waals surface area contributed by atoms with Crippen LogP contribution in [0.25, 0.3) is 0 Å². The van der Waals surface area contributed by atoms with Gasteiger partial charge in [0.2, 0.25) is 11.8 Å². The minimum absolute atomic E-state index is 0.214. The molecule has 1 fully saturated rings. The summed E-state index contributed by atoms with van der Waals surface area (Å²) in [5.41, 5.74) is 0. The number of carbonyl (C=O) groups is 2. The van der Waals surface area contributed by atoms with Gasteiger partial charge in [-0.3, -0.25) is 9.59 Å². The molecule has 0 aliphatic carbocycles. The summed E-state index contributed by atoms with van der Waals surface area (Å²) in [7, 11) is 0. The molecule has 0 spiro atoms. The molecular formula is C10H18N2O3. The predicted octanol–water partition coefficient (Wildman–Crippen LogP) is -0.603. The Balaban J connectivity index is 2.63. The van der Waals surface area contributed by atoms with Crippen LogP contribution in [-0.4, -0.2) is 35.1 Å². The lowest BCUT2D eigenvalue weighted by atomic mass is 9.99. The zero-order valence-electron chi connectivity index (χ0n) is 9.28. The molecule has 0 radical (unpaired) electrons.